The second-order valence-corrected chi connectivity index (χ2v) is 2.53. The second-order valence-electron chi connectivity index (χ2n) is 2.53. The quantitative estimate of drug-likeness (QED) is 0.706. The number of alkyl halides is 3. The number of hydrogen-bond acceptors (Lipinski definition) is 4. The summed E-state index contributed by atoms with van der Waals surface area (Å²) < 4.78 is 44.1. The summed E-state index contributed by atoms with van der Waals surface area (Å²) in [7, 11) is 2.41. The Morgan fingerprint density at radius 3 is 2.60 bits per heavy atom. The van der Waals surface area contributed by atoms with Crippen LogP contribution in [0.15, 0.2) is 6.07 Å². The van der Waals surface area contributed by atoms with Gasteiger partial charge in [-0.15, -0.1) is 18.3 Å². The van der Waals surface area contributed by atoms with E-state index >= 15 is 0 Å². The predicted octanol–water partition coefficient (Wildman–Crippen LogP) is 1.11. The molecule has 0 spiro atoms. The molecule has 1 aromatic heterocycles. The summed E-state index contributed by atoms with van der Waals surface area (Å²) in [5.41, 5.74) is -0.128. The van der Waals surface area contributed by atoms with Crippen molar-refractivity contribution in [2.24, 2.45) is 7.05 Å². The zero-order chi connectivity index (χ0) is 11.6. The van der Waals surface area contributed by atoms with E-state index < -0.39 is 18.2 Å². The lowest BCUT2D eigenvalue weighted by molar-refractivity contribution is -0.276. The highest BCUT2D eigenvalue weighted by Gasteiger charge is 2.33. The summed E-state index contributed by atoms with van der Waals surface area (Å²) in [5, 5.41) is 3.34. The Balaban J connectivity index is 2.91. The van der Waals surface area contributed by atoms with Crippen molar-refractivity contribution in [2.45, 2.75) is 6.36 Å². The number of hydrogen-bond donors (Lipinski definition) is 0. The Labute approximate surface area is 82.4 Å². The van der Waals surface area contributed by atoms with Crippen LogP contribution in [0.4, 0.5) is 13.2 Å². The molecule has 0 saturated carbocycles. The van der Waals surface area contributed by atoms with Crippen LogP contribution in [0.5, 0.6) is 5.88 Å². The van der Waals surface area contributed by atoms with E-state index in [1.807, 2.05) is 0 Å². The van der Waals surface area contributed by atoms with E-state index in [1.54, 1.807) is 0 Å². The van der Waals surface area contributed by atoms with E-state index in [2.05, 4.69) is 14.6 Å². The molecule has 0 amide bonds. The third kappa shape index (κ3) is 2.86. The molecule has 84 valence electrons. The number of carbonyl (C=O) groups is 1. The molecule has 0 aliphatic heterocycles. The van der Waals surface area contributed by atoms with E-state index in [0.29, 0.717) is 0 Å². The molecule has 5 nitrogen and oxygen atoms in total. The third-order valence-corrected chi connectivity index (χ3v) is 1.47. The molecule has 0 fully saturated rings. The second kappa shape index (κ2) is 3.79. The molecule has 8 heteroatoms. The minimum Gasteiger partial charge on any atom is -0.464 e. The van der Waals surface area contributed by atoms with Crippen LogP contribution in [-0.4, -0.2) is 29.2 Å². The van der Waals surface area contributed by atoms with Gasteiger partial charge in [-0.1, -0.05) is 0 Å². The van der Waals surface area contributed by atoms with Crippen molar-refractivity contribution in [3.63, 3.8) is 0 Å². The Bertz CT molecular complexity index is 372. The Hall–Kier alpha value is -1.73. The molecule has 0 aliphatic rings. The normalized spacial score (nSPS) is 11.3. The molecule has 1 aromatic rings. The van der Waals surface area contributed by atoms with Crippen LogP contribution in [0.25, 0.3) is 0 Å². The van der Waals surface area contributed by atoms with Gasteiger partial charge in [0.2, 0.25) is 5.88 Å². The Morgan fingerprint density at radius 1 is 1.53 bits per heavy atom. The predicted molar refractivity (Wildman–Crippen MR) is 41.2 cm³/mol. The lowest BCUT2D eigenvalue weighted by Crippen LogP contribution is -2.17. The number of esters is 1. The molecule has 15 heavy (non-hydrogen) atoms. The van der Waals surface area contributed by atoms with E-state index in [9.17, 15) is 18.0 Å². The van der Waals surface area contributed by atoms with Gasteiger partial charge in [-0.2, -0.15) is 0 Å². The first-order valence-corrected chi connectivity index (χ1v) is 3.71. The van der Waals surface area contributed by atoms with Gasteiger partial charge in [0.15, 0.2) is 0 Å². The lowest BCUT2D eigenvalue weighted by atomic mass is 10.4. The minimum absolute atomic E-state index is 0.128. The van der Waals surface area contributed by atoms with Crippen LogP contribution in [0, 0.1) is 0 Å². The molecular formula is C7H7F3N2O3. The van der Waals surface area contributed by atoms with Crippen LogP contribution in [-0.2, 0) is 11.8 Å². The van der Waals surface area contributed by atoms with Crippen molar-refractivity contribution >= 4 is 5.97 Å². The van der Waals surface area contributed by atoms with Gasteiger partial charge >= 0.3 is 12.3 Å². The first-order valence-electron chi connectivity index (χ1n) is 3.71. The fourth-order valence-corrected chi connectivity index (χ4v) is 0.905. The van der Waals surface area contributed by atoms with Crippen molar-refractivity contribution in [2.75, 3.05) is 7.11 Å². The summed E-state index contributed by atoms with van der Waals surface area (Å²) in [4.78, 5) is 11.0. The molecule has 0 aromatic carbocycles. The fraction of sp³-hybridized carbons (Fsp3) is 0.429. The largest absolute Gasteiger partial charge is 0.574 e. The van der Waals surface area contributed by atoms with E-state index in [-0.39, 0.29) is 5.69 Å². The van der Waals surface area contributed by atoms with Gasteiger partial charge < -0.3 is 9.47 Å². The van der Waals surface area contributed by atoms with E-state index in [4.69, 9.17) is 0 Å². The minimum atomic E-state index is -4.83. The van der Waals surface area contributed by atoms with Crippen LogP contribution < -0.4 is 4.74 Å². The van der Waals surface area contributed by atoms with Crippen molar-refractivity contribution < 1.29 is 27.4 Å². The molecule has 0 bridgehead atoms. The molecule has 1 heterocycles. The highest BCUT2D eigenvalue weighted by molar-refractivity contribution is 5.87. The third-order valence-electron chi connectivity index (χ3n) is 1.47. The van der Waals surface area contributed by atoms with Crippen LogP contribution >= 0.6 is 0 Å². The average molecular weight is 224 g/mol. The number of halogens is 3. The molecule has 0 atom stereocenters. The van der Waals surface area contributed by atoms with Gasteiger partial charge in [-0.25, -0.2) is 4.79 Å². The SMILES string of the molecule is COC(=O)c1cc(OC(F)(F)F)nn1C. The van der Waals surface area contributed by atoms with Gasteiger partial charge in [0.05, 0.1) is 7.11 Å². The first-order chi connectivity index (χ1) is 6.83. The van der Waals surface area contributed by atoms with Gasteiger partial charge in [-0.05, 0) is 0 Å². The summed E-state index contributed by atoms with van der Waals surface area (Å²) in [5.74, 6) is -1.49. The average Bonchev–Trinajstić information content (AvgIpc) is 2.42. The standard InChI is InChI=1S/C7H7F3N2O3/c1-12-4(6(13)14-2)3-5(11-12)15-7(8,9)10/h3H,1-2H3. The summed E-state index contributed by atoms with van der Waals surface area (Å²) in [6.07, 6.45) is -4.83. The van der Waals surface area contributed by atoms with Crippen LogP contribution in [0.2, 0.25) is 0 Å². The zero-order valence-electron chi connectivity index (χ0n) is 7.83. The maximum atomic E-state index is 11.8. The van der Waals surface area contributed by atoms with E-state index in [0.717, 1.165) is 17.9 Å². The van der Waals surface area contributed by atoms with E-state index in [1.165, 1.54) is 7.05 Å². The smallest absolute Gasteiger partial charge is 0.464 e. The van der Waals surface area contributed by atoms with Crippen molar-refractivity contribution in [1.82, 2.24) is 9.78 Å². The van der Waals surface area contributed by atoms with Gasteiger partial charge in [0, 0.05) is 13.1 Å². The Morgan fingerprint density at radius 2 is 2.13 bits per heavy atom. The van der Waals surface area contributed by atoms with Gasteiger partial charge in [0.1, 0.15) is 5.69 Å². The maximum absolute atomic E-state index is 11.8. The number of carbonyl (C=O) groups excluding carboxylic acids is 1. The van der Waals surface area contributed by atoms with Crippen LogP contribution in [0.1, 0.15) is 10.5 Å². The monoisotopic (exact) mass is 224 g/mol. The number of methoxy groups -OCH3 is 1. The van der Waals surface area contributed by atoms with Crippen molar-refractivity contribution in [3.8, 4) is 5.88 Å². The molecular weight excluding hydrogens is 217 g/mol. The molecule has 0 N–H and O–H groups in total. The first kappa shape index (κ1) is 11.3. The lowest BCUT2D eigenvalue weighted by Gasteiger charge is -2.03. The zero-order valence-corrected chi connectivity index (χ0v) is 7.83. The summed E-state index contributed by atoms with van der Waals surface area (Å²) >= 11 is 0. The number of aromatic nitrogens is 2. The number of ether oxygens (including phenoxy) is 2. The highest BCUT2D eigenvalue weighted by Crippen LogP contribution is 2.21. The summed E-state index contributed by atoms with van der Waals surface area (Å²) in [6, 6.07) is 0.847. The number of aryl methyl sites for hydroxylation is 1. The number of nitrogens with zero attached hydrogens (tertiary/aromatic N) is 2. The molecule has 0 unspecified atom stereocenters. The summed E-state index contributed by atoms with van der Waals surface area (Å²) in [6.45, 7) is 0. The Kier molecular flexibility index (Phi) is 2.87. The molecule has 0 aliphatic carbocycles. The topological polar surface area (TPSA) is 53.4 Å². The van der Waals surface area contributed by atoms with Crippen molar-refractivity contribution in [3.05, 3.63) is 11.8 Å². The molecule has 1 rings (SSSR count). The fourth-order valence-electron chi connectivity index (χ4n) is 0.905. The highest BCUT2D eigenvalue weighted by atomic mass is 19.4. The maximum Gasteiger partial charge on any atom is 0.574 e. The van der Waals surface area contributed by atoms with Gasteiger partial charge in [-0.3, -0.25) is 4.68 Å². The van der Waals surface area contributed by atoms with Gasteiger partial charge in [0.25, 0.3) is 0 Å². The van der Waals surface area contributed by atoms with Crippen LogP contribution in [0.3, 0.4) is 0 Å². The number of rotatable bonds is 2. The molecule has 0 saturated heterocycles. The van der Waals surface area contributed by atoms with Crippen molar-refractivity contribution in [1.29, 1.82) is 0 Å². The molecule has 0 radical (unpaired) electrons.